The van der Waals surface area contributed by atoms with E-state index in [0.717, 1.165) is 5.69 Å². The van der Waals surface area contributed by atoms with Crippen LogP contribution >= 0.6 is 0 Å². The fraction of sp³-hybridized carbons (Fsp3) is 0.278. The number of hydrogen-bond donors (Lipinski definition) is 2. The number of nitrogens with two attached hydrogens (primary N) is 1. The second-order valence-corrected chi connectivity index (χ2v) is 6.21. The van der Waals surface area contributed by atoms with Crippen LogP contribution in [0.2, 0.25) is 0 Å². The number of amides is 1. The maximum absolute atomic E-state index is 14.2. The number of hydrogen-bond acceptors (Lipinski definition) is 3. The van der Waals surface area contributed by atoms with Gasteiger partial charge in [-0.15, -0.1) is 0 Å². The summed E-state index contributed by atoms with van der Waals surface area (Å²) in [5.41, 5.74) is 9.03. The molecule has 2 aromatic rings. The molecule has 4 nitrogen and oxygen atoms in total. The van der Waals surface area contributed by atoms with E-state index in [4.69, 9.17) is 5.73 Å². The van der Waals surface area contributed by atoms with E-state index in [-0.39, 0.29) is 11.6 Å². The molecule has 0 bridgehead atoms. The average molecular weight is 311 g/mol. The van der Waals surface area contributed by atoms with E-state index < -0.39 is 11.9 Å². The van der Waals surface area contributed by atoms with Gasteiger partial charge in [0, 0.05) is 12.2 Å². The molecule has 1 fully saturated rings. The normalized spacial score (nSPS) is 20.7. The highest BCUT2D eigenvalue weighted by molar-refractivity contribution is 6.00. The van der Waals surface area contributed by atoms with Crippen molar-refractivity contribution in [3.8, 4) is 0 Å². The smallest absolute Gasteiger partial charge is 0.243 e. The molecule has 1 amide bonds. The molecule has 4 rings (SSSR count). The highest BCUT2D eigenvalue weighted by atomic mass is 19.1. The molecule has 118 valence electrons. The molecule has 2 aliphatic rings. The lowest BCUT2D eigenvalue weighted by Crippen LogP contribution is -2.41. The molecular formula is C18H18FN3O. The minimum Gasteiger partial charge on any atom is -0.338 e. The van der Waals surface area contributed by atoms with Gasteiger partial charge in [0.25, 0.3) is 0 Å². The zero-order valence-corrected chi connectivity index (χ0v) is 12.6. The van der Waals surface area contributed by atoms with Gasteiger partial charge in [-0.2, -0.15) is 0 Å². The van der Waals surface area contributed by atoms with E-state index in [2.05, 4.69) is 17.4 Å². The Labute approximate surface area is 134 Å². The summed E-state index contributed by atoms with van der Waals surface area (Å²) in [6.07, 6.45) is 2.43. The van der Waals surface area contributed by atoms with Crippen LogP contribution in [0.25, 0.3) is 0 Å². The molecule has 1 atom stereocenters. The van der Waals surface area contributed by atoms with Gasteiger partial charge in [0.1, 0.15) is 17.5 Å². The number of para-hydroxylation sites is 1. The largest absolute Gasteiger partial charge is 0.338 e. The molecule has 23 heavy (non-hydrogen) atoms. The van der Waals surface area contributed by atoms with Crippen LogP contribution in [-0.2, 0) is 4.79 Å². The predicted molar refractivity (Wildman–Crippen MR) is 88.4 cm³/mol. The van der Waals surface area contributed by atoms with Gasteiger partial charge in [-0.1, -0.05) is 18.2 Å². The zero-order chi connectivity index (χ0) is 16.0. The van der Waals surface area contributed by atoms with Crippen LogP contribution in [0.5, 0.6) is 0 Å². The average Bonchev–Trinajstić information content (AvgIpc) is 3.39. The summed E-state index contributed by atoms with van der Waals surface area (Å²) in [5, 5.41) is 2.61. The van der Waals surface area contributed by atoms with E-state index in [0.29, 0.717) is 18.2 Å². The first kappa shape index (κ1) is 14.2. The Hall–Kier alpha value is -2.40. The Balaban J connectivity index is 1.82. The van der Waals surface area contributed by atoms with Crippen molar-refractivity contribution in [2.24, 2.45) is 5.73 Å². The van der Waals surface area contributed by atoms with Gasteiger partial charge in [0.05, 0.1) is 5.69 Å². The Morgan fingerprint density at radius 1 is 1.17 bits per heavy atom. The van der Waals surface area contributed by atoms with Crippen LogP contribution < -0.4 is 16.0 Å². The van der Waals surface area contributed by atoms with Gasteiger partial charge in [-0.3, -0.25) is 4.79 Å². The van der Waals surface area contributed by atoms with Crippen LogP contribution in [0.4, 0.5) is 21.5 Å². The topological polar surface area (TPSA) is 58.4 Å². The maximum Gasteiger partial charge on any atom is 0.243 e. The van der Waals surface area contributed by atoms with Gasteiger partial charge in [-0.05, 0) is 48.6 Å². The third-order valence-corrected chi connectivity index (χ3v) is 4.48. The summed E-state index contributed by atoms with van der Waals surface area (Å²) in [5.74, 6) is -0.187. The summed E-state index contributed by atoms with van der Waals surface area (Å²) in [4.78, 5) is 14.0. The monoisotopic (exact) mass is 311 g/mol. The van der Waals surface area contributed by atoms with E-state index in [1.165, 1.54) is 24.5 Å². The van der Waals surface area contributed by atoms with Crippen molar-refractivity contribution in [3.05, 3.63) is 53.8 Å². The minimum atomic E-state index is -0.716. The van der Waals surface area contributed by atoms with Crippen molar-refractivity contribution in [2.45, 2.75) is 24.8 Å². The molecule has 1 heterocycles. The predicted octanol–water partition coefficient (Wildman–Crippen LogP) is 3.12. The molecule has 0 aromatic heterocycles. The maximum atomic E-state index is 14.2. The molecule has 0 radical (unpaired) electrons. The Morgan fingerprint density at radius 3 is 2.74 bits per heavy atom. The van der Waals surface area contributed by atoms with Crippen molar-refractivity contribution < 1.29 is 9.18 Å². The molecule has 3 N–H and O–H groups in total. The van der Waals surface area contributed by atoms with E-state index in [1.807, 2.05) is 17.0 Å². The van der Waals surface area contributed by atoms with Crippen LogP contribution in [0, 0.1) is 5.82 Å². The highest BCUT2D eigenvalue weighted by Crippen LogP contribution is 2.42. The number of nitrogens with zero attached hydrogens (tertiary/aromatic N) is 1. The summed E-state index contributed by atoms with van der Waals surface area (Å²) >= 11 is 0. The zero-order valence-electron chi connectivity index (χ0n) is 12.6. The number of halogens is 1. The van der Waals surface area contributed by atoms with Crippen LogP contribution in [0.1, 0.15) is 24.3 Å². The molecule has 1 aliphatic heterocycles. The van der Waals surface area contributed by atoms with Crippen molar-refractivity contribution in [1.29, 1.82) is 0 Å². The van der Waals surface area contributed by atoms with Crippen molar-refractivity contribution in [1.82, 2.24) is 0 Å². The first-order valence-corrected chi connectivity index (χ1v) is 7.86. The molecular weight excluding hydrogens is 293 g/mol. The molecule has 5 heteroatoms. The fourth-order valence-corrected chi connectivity index (χ4v) is 3.06. The van der Waals surface area contributed by atoms with E-state index in [1.54, 1.807) is 12.1 Å². The third-order valence-electron chi connectivity index (χ3n) is 4.48. The fourth-order valence-electron chi connectivity index (χ4n) is 3.06. The first-order chi connectivity index (χ1) is 11.1. The highest BCUT2D eigenvalue weighted by Gasteiger charge is 2.29. The molecule has 0 unspecified atom stereocenters. The number of carbonyl (C=O) groups is 1. The molecule has 2 aromatic carbocycles. The van der Waals surface area contributed by atoms with Crippen LogP contribution in [-0.4, -0.2) is 18.5 Å². The lowest BCUT2D eigenvalue weighted by atomic mass is 10.1. The first-order valence-electron chi connectivity index (χ1n) is 7.86. The van der Waals surface area contributed by atoms with Crippen molar-refractivity contribution in [3.63, 3.8) is 0 Å². The molecule has 0 saturated heterocycles. The standard InChI is InChI=1S/C18H18FN3O/c19-14-5-2-6-16-17(14)21-18(23)15(20)10-22(16)13-4-1-3-12(9-13)11-7-8-11/h1-6,9,11,15H,7-8,10,20H2,(H,21,23)/t15-/m0/s1. The quantitative estimate of drug-likeness (QED) is 0.896. The SMILES string of the molecule is N[C@H]1CN(c2cccc(C3CC3)c2)c2cccc(F)c2NC1=O. The number of anilines is 3. The Morgan fingerprint density at radius 2 is 1.96 bits per heavy atom. The number of benzene rings is 2. The summed E-state index contributed by atoms with van der Waals surface area (Å²) in [7, 11) is 0. The summed E-state index contributed by atoms with van der Waals surface area (Å²) < 4.78 is 14.2. The number of nitrogens with one attached hydrogen (secondary N) is 1. The van der Waals surface area contributed by atoms with Crippen molar-refractivity contribution >= 4 is 23.0 Å². The molecule has 1 aliphatic carbocycles. The third kappa shape index (κ3) is 2.57. The van der Waals surface area contributed by atoms with Gasteiger partial charge in [-0.25, -0.2) is 4.39 Å². The molecule has 1 saturated carbocycles. The number of rotatable bonds is 2. The Bertz CT molecular complexity index is 773. The van der Waals surface area contributed by atoms with Crippen LogP contribution in [0.3, 0.4) is 0 Å². The van der Waals surface area contributed by atoms with E-state index in [9.17, 15) is 9.18 Å². The van der Waals surface area contributed by atoms with Gasteiger partial charge >= 0.3 is 0 Å². The lowest BCUT2D eigenvalue weighted by Gasteiger charge is -2.26. The van der Waals surface area contributed by atoms with Gasteiger partial charge in [0.2, 0.25) is 5.91 Å². The summed E-state index contributed by atoms with van der Waals surface area (Å²) in [6.45, 7) is 0.316. The number of carbonyl (C=O) groups excluding carboxylic acids is 1. The second kappa shape index (κ2) is 5.35. The van der Waals surface area contributed by atoms with Gasteiger partial charge in [0.15, 0.2) is 0 Å². The minimum absolute atomic E-state index is 0.197. The van der Waals surface area contributed by atoms with Crippen molar-refractivity contribution in [2.75, 3.05) is 16.8 Å². The molecule has 0 spiro atoms. The van der Waals surface area contributed by atoms with E-state index >= 15 is 0 Å². The lowest BCUT2D eigenvalue weighted by molar-refractivity contribution is -0.117. The summed E-state index contributed by atoms with van der Waals surface area (Å²) in [6, 6.07) is 12.3. The van der Waals surface area contributed by atoms with Gasteiger partial charge < -0.3 is 16.0 Å². The Kier molecular flexibility index (Phi) is 3.31. The number of fused-ring (bicyclic) bond motifs is 1. The second-order valence-electron chi connectivity index (χ2n) is 6.21. The van der Waals surface area contributed by atoms with Crippen LogP contribution in [0.15, 0.2) is 42.5 Å².